The highest BCUT2D eigenvalue weighted by Crippen LogP contribution is 2.31. The van der Waals surface area contributed by atoms with Crippen LogP contribution in [0.3, 0.4) is 0 Å². The lowest BCUT2D eigenvalue weighted by atomic mass is 10.2. The molecule has 1 aliphatic rings. The summed E-state index contributed by atoms with van der Waals surface area (Å²) in [6.45, 7) is 5.51. The molecule has 0 saturated carbocycles. The van der Waals surface area contributed by atoms with Crippen LogP contribution in [-0.4, -0.2) is 33.9 Å². The maximum Gasteiger partial charge on any atom is 0.353 e. The van der Waals surface area contributed by atoms with E-state index >= 15 is 0 Å². The largest absolute Gasteiger partial charge is 0.467 e. The van der Waals surface area contributed by atoms with Crippen molar-refractivity contribution < 1.29 is 9.66 Å². The Morgan fingerprint density at radius 1 is 1.69 bits per heavy atom. The molecule has 0 aromatic carbocycles. The molecule has 0 spiro atoms. The molecule has 0 unspecified atom stereocenters. The SMILES string of the molecule is CCn1nc(C)c([N+](=O)[O-])c1OC1CNC1. The molecule has 88 valence electrons. The molecule has 2 rings (SSSR count). The van der Waals surface area contributed by atoms with Crippen LogP contribution < -0.4 is 10.1 Å². The highest BCUT2D eigenvalue weighted by atomic mass is 16.6. The van der Waals surface area contributed by atoms with Crippen molar-refractivity contribution in [3.63, 3.8) is 0 Å². The first kappa shape index (κ1) is 10.9. The van der Waals surface area contributed by atoms with Crippen LogP contribution in [0.15, 0.2) is 0 Å². The van der Waals surface area contributed by atoms with Gasteiger partial charge in [0.15, 0.2) is 0 Å². The van der Waals surface area contributed by atoms with Gasteiger partial charge in [0.05, 0.1) is 4.92 Å². The third-order valence-electron chi connectivity index (χ3n) is 2.55. The zero-order chi connectivity index (χ0) is 11.7. The van der Waals surface area contributed by atoms with E-state index in [1.54, 1.807) is 6.92 Å². The Kier molecular flexibility index (Phi) is 2.78. The molecule has 7 heteroatoms. The van der Waals surface area contributed by atoms with Gasteiger partial charge >= 0.3 is 5.69 Å². The summed E-state index contributed by atoms with van der Waals surface area (Å²) in [5.41, 5.74) is 0.378. The van der Waals surface area contributed by atoms with E-state index in [2.05, 4.69) is 10.4 Å². The van der Waals surface area contributed by atoms with Crippen LogP contribution in [0.4, 0.5) is 5.69 Å². The summed E-state index contributed by atoms with van der Waals surface area (Å²) in [5.74, 6) is 0.275. The molecule has 0 bridgehead atoms. The van der Waals surface area contributed by atoms with E-state index in [1.165, 1.54) is 4.68 Å². The van der Waals surface area contributed by atoms with Crippen molar-refractivity contribution in [1.29, 1.82) is 0 Å². The van der Waals surface area contributed by atoms with E-state index in [9.17, 15) is 10.1 Å². The van der Waals surface area contributed by atoms with E-state index in [-0.39, 0.29) is 17.7 Å². The van der Waals surface area contributed by atoms with Gasteiger partial charge in [0.1, 0.15) is 11.8 Å². The van der Waals surface area contributed by atoms with Crippen molar-refractivity contribution in [3.05, 3.63) is 15.8 Å². The number of rotatable bonds is 4. The summed E-state index contributed by atoms with van der Waals surface area (Å²) in [6, 6.07) is 0. The quantitative estimate of drug-likeness (QED) is 0.596. The first-order chi connectivity index (χ1) is 7.63. The molecular formula is C9H14N4O3. The zero-order valence-corrected chi connectivity index (χ0v) is 9.27. The predicted molar refractivity (Wildman–Crippen MR) is 56.6 cm³/mol. The zero-order valence-electron chi connectivity index (χ0n) is 9.27. The summed E-state index contributed by atoms with van der Waals surface area (Å²) < 4.78 is 7.12. The molecule has 1 fully saturated rings. The number of nitrogens with one attached hydrogen (secondary N) is 1. The molecule has 1 aromatic heterocycles. The van der Waals surface area contributed by atoms with Gasteiger partial charge in [-0.1, -0.05) is 0 Å². The number of aryl methyl sites for hydroxylation is 2. The van der Waals surface area contributed by atoms with Crippen LogP contribution in [0.25, 0.3) is 0 Å². The van der Waals surface area contributed by atoms with Crippen LogP contribution in [0.2, 0.25) is 0 Å². The molecule has 2 heterocycles. The Hall–Kier alpha value is -1.63. The number of ether oxygens (including phenoxy) is 1. The minimum absolute atomic E-state index is 0.0140. The fourth-order valence-electron chi connectivity index (χ4n) is 1.60. The third kappa shape index (κ3) is 1.73. The van der Waals surface area contributed by atoms with Crippen molar-refractivity contribution in [1.82, 2.24) is 15.1 Å². The van der Waals surface area contributed by atoms with Gasteiger partial charge in [0.2, 0.25) is 0 Å². The number of hydrogen-bond donors (Lipinski definition) is 1. The molecule has 16 heavy (non-hydrogen) atoms. The molecule has 1 aliphatic heterocycles. The highest BCUT2D eigenvalue weighted by molar-refractivity contribution is 5.45. The maximum atomic E-state index is 10.9. The molecular weight excluding hydrogens is 212 g/mol. The van der Waals surface area contributed by atoms with Gasteiger partial charge in [-0.3, -0.25) is 10.1 Å². The molecule has 0 aliphatic carbocycles. The third-order valence-corrected chi connectivity index (χ3v) is 2.55. The fraction of sp³-hybridized carbons (Fsp3) is 0.667. The lowest BCUT2D eigenvalue weighted by Gasteiger charge is -2.27. The number of nitro groups is 1. The van der Waals surface area contributed by atoms with Gasteiger partial charge in [0, 0.05) is 19.6 Å². The van der Waals surface area contributed by atoms with Crippen LogP contribution in [0.5, 0.6) is 5.88 Å². The Balaban J connectivity index is 2.33. The van der Waals surface area contributed by atoms with Crippen LogP contribution in [0, 0.1) is 17.0 Å². The van der Waals surface area contributed by atoms with Gasteiger partial charge in [-0.25, -0.2) is 4.68 Å². The van der Waals surface area contributed by atoms with Gasteiger partial charge in [-0.2, -0.15) is 5.10 Å². The summed E-state index contributed by atoms with van der Waals surface area (Å²) in [4.78, 5) is 10.5. The fourth-order valence-corrected chi connectivity index (χ4v) is 1.60. The minimum Gasteiger partial charge on any atom is -0.467 e. The first-order valence-corrected chi connectivity index (χ1v) is 5.22. The topological polar surface area (TPSA) is 82.2 Å². The molecule has 0 radical (unpaired) electrons. The van der Waals surface area contributed by atoms with Gasteiger partial charge in [-0.05, 0) is 13.8 Å². The Labute approximate surface area is 92.5 Å². The van der Waals surface area contributed by atoms with Gasteiger partial charge in [0.25, 0.3) is 5.88 Å². The van der Waals surface area contributed by atoms with E-state index in [0.717, 1.165) is 13.1 Å². The van der Waals surface area contributed by atoms with Crippen LogP contribution >= 0.6 is 0 Å². The second kappa shape index (κ2) is 4.09. The van der Waals surface area contributed by atoms with Crippen molar-refractivity contribution in [2.45, 2.75) is 26.5 Å². The second-order valence-electron chi connectivity index (χ2n) is 3.71. The number of hydrogen-bond acceptors (Lipinski definition) is 5. The Morgan fingerprint density at radius 2 is 2.38 bits per heavy atom. The van der Waals surface area contributed by atoms with E-state index in [1.807, 2.05) is 6.92 Å². The van der Waals surface area contributed by atoms with Gasteiger partial charge in [-0.15, -0.1) is 0 Å². The van der Waals surface area contributed by atoms with Crippen molar-refractivity contribution >= 4 is 5.69 Å². The monoisotopic (exact) mass is 226 g/mol. The van der Waals surface area contributed by atoms with E-state index in [4.69, 9.17) is 4.74 Å². The molecule has 1 saturated heterocycles. The van der Waals surface area contributed by atoms with Crippen LogP contribution in [-0.2, 0) is 6.54 Å². The number of aromatic nitrogens is 2. The van der Waals surface area contributed by atoms with Crippen molar-refractivity contribution in [3.8, 4) is 5.88 Å². The summed E-state index contributed by atoms with van der Waals surface area (Å²) in [7, 11) is 0. The Bertz CT molecular complexity index is 411. The number of nitrogens with zero attached hydrogens (tertiary/aromatic N) is 3. The molecule has 0 amide bonds. The molecule has 0 atom stereocenters. The predicted octanol–water partition coefficient (Wildman–Crippen LogP) is 0.470. The Morgan fingerprint density at radius 3 is 2.81 bits per heavy atom. The van der Waals surface area contributed by atoms with E-state index < -0.39 is 4.92 Å². The van der Waals surface area contributed by atoms with Crippen molar-refractivity contribution in [2.75, 3.05) is 13.1 Å². The van der Waals surface area contributed by atoms with E-state index in [0.29, 0.717) is 12.2 Å². The molecule has 7 nitrogen and oxygen atoms in total. The lowest BCUT2D eigenvalue weighted by molar-refractivity contribution is -0.386. The average molecular weight is 226 g/mol. The smallest absolute Gasteiger partial charge is 0.353 e. The average Bonchev–Trinajstić information content (AvgIpc) is 2.48. The summed E-state index contributed by atoms with van der Waals surface area (Å²) in [6.07, 6.45) is 0.0140. The lowest BCUT2D eigenvalue weighted by Crippen LogP contribution is -2.50. The summed E-state index contributed by atoms with van der Waals surface area (Å²) >= 11 is 0. The first-order valence-electron chi connectivity index (χ1n) is 5.22. The molecule has 1 aromatic rings. The second-order valence-corrected chi connectivity index (χ2v) is 3.71. The standard InChI is InChI=1S/C9H14N4O3/c1-3-12-9(16-7-4-10-5-7)8(13(14)15)6(2)11-12/h7,10H,3-5H2,1-2H3. The highest BCUT2D eigenvalue weighted by Gasteiger charge is 2.30. The van der Waals surface area contributed by atoms with Gasteiger partial charge < -0.3 is 10.1 Å². The molecule has 1 N–H and O–H groups in total. The van der Waals surface area contributed by atoms with Crippen LogP contribution in [0.1, 0.15) is 12.6 Å². The summed E-state index contributed by atoms with van der Waals surface area (Å²) in [5, 5.41) is 18.1. The normalized spacial score (nSPS) is 15.9. The minimum atomic E-state index is -0.435. The van der Waals surface area contributed by atoms with Crippen molar-refractivity contribution in [2.24, 2.45) is 0 Å². The maximum absolute atomic E-state index is 10.9.